The molecule has 0 bridgehead atoms. The third-order valence-electron chi connectivity index (χ3n) is 3.95. The summed E-state index contributed by atoms with van der Waals surface area (Å²) in [6, 6.07) is 7.25. The van der Waals surface area contributed by atoms with E-state index >= 15 is 0 Å². The lowest BCUT2D eigenvalue weighted by atomic mass is 10.1. The number of hydrogen-bond acceptors (Lipinski definition) is 3. The third-order valence-corrected chi connectivity index (χ3v) is 4.24. The van der Waals surface area contributed by atoms with E-state index in [1.165, 1.54) is 18.3 Å². The molecule has 0 fully saturated rings. The Morgan fingerprint density at radius 3 is 2.77 bits per heavy atom. The highest BCUT2D eigenvalue weighted by Gasteiger charge is 2.17. The molecule has 1 aromatic carbocycles. The molecule has 2 heterocycles. The summed E-state index contributed by atoms with van der Waals surface area (Å²) in [5.74, 6) is -1.16. The molecular formula is C19H17ClFN3O2. The summed E-state index contributed by atoms with van der Waals surface area (Å²) in [6.07, 6.45) is 2.34. The van der Waals surface area contributed by atoms with Gasteiger partial charge >= 0.3 is 0 Å². The molecule has 0 radical (unpaired) electrons. The van der Waals surface area contributed by atoms with Crippen LogP contribution in [0.1, 0.15) is 29.4 Å². The summed E-state index contributed by atoms with van der Waals surface area (Å²) in [4.78, 5) is 29.8. The number of pyridine rings is 2. The van der Waals surface area contributed by atoms with Crippen molar-refractivity contribution in [1.29, 1.82) is 0 Å². The maximum atomic E-state index is 13.3. The number of aryl methyl sites for hydroxylation is 2. The topological polar surface area (TPSA) is 64.0 Å². The number of carbonyl (C=O) groups excluding carboxylic acids is 1. The zero-order valence-electron chi connectivity index (χ0n) is 14.3. The Balaban J connectivity index is 2.07. The average molecular weight is 374 g/mol. The van der Waals surface area contributed by atoms with Crippen molar-refractivity contribution in [3.63, 3.8) is 0 Å². The molecule has 134 valence electrons. The minimum Gasteiger partial charge on any atom is -0.331 e. The summed E-state index contributed by atoms with van der Waals surface area (Å²) >= 11 is 5.73. The van der Waals surface area contributed by atoms with Gasteiger partial charge in [0.25, 0.3) is 5.91 Å². The Bertz CT molecular complexity index is 1060. The Kier molecular flexibility index (Phi) is 5.04. The minimum absolute atomic E-state index is 0.00273. The summed E-state index contributed by atoms with van der Waals surface area (Å²) in [7, 11) is 0. The molecule has 1 amide bonds. The minimum atomic E-state index is -0.581. The molecule has 0 saturated carbocycles. The smallest absolute Gasteiger partial charge is 0.261 e. The van der Waals surface area contributed by atoms with Gasteiger partial charge in [-0.3, -0.25) is 9.59 Å². The molecule has 26 heavy (non-hydrogen) atoms. The lowest BCUT2D eigenvalue weighted by Crippen LogP contribution is -2.24. The lowest BCUT2D eigenvalue weighted by Gasteiger charge is -2.12. The quantitative estimate of drug-likeness (QED) is 0.746. The van der Waals surface area contributed by atoms with Crippen molar-refractivity contribution >= 4 is 34.2 Å². The number of benzene rings is 1. The third kappa shape index (κ3) is 3.46. The molecule has 1 N–H and O–H groups in total. The monoisotopic (exact) mass is 373 g/mol. The van der Waals surface area contributed by atoms with Crippen molar-refractivity contribution in [2.24, 2.45) is 0 Å². The van der Waals surface area contributed by atoms with Gasteiger partial charge in [0, 0.05) is 24.1 Å². The number of amides is 1. The van der Waals surface area contributed by atoms with Gasteiger partial charge in [-0.05, 0) is 43.7 Å². The van der Waals surface area contributed by atoms with Crippen LogP contribution >= 0.6 is 11.6 Å². The number of anilines is 1. The summed E-state index contributed by atoms with van der Waals surface area (Å²) in [5, 5.41) is 2.86. The van der Waals surface area contributed by atoms with Gasteiger partial charge in [-0.15, -0.1) is 0 Å². The van der Waals surface area contributed by atoms with Crippen LogP contribution < -0.4 is 10.7 Å². The van der Waals surface area contributed by atoms with Crippen LogP contribution in [0.5, 0.6) is 0 Å². The van der Waals surface area contributed by atoms with Crippen LogP contribution in [0.3, 0.4) is 0 Å². The standard InChI is InChI=1S/C19H17ClFN3O2/c1-3-8-24-10-14(17(25)13-6-4-11(2)22-18(13)24)19(26)23-12-5-7-16(21)15(20)9-12/h4-7,9-10H,3,8H2,1-2H3,(H,23,26). The summed E-state index contributed by atoms with van der Waals surface area (Å²) in [6.45, 7) is 4.47. The van der Waals surface area contributed by atoms with E-state index in [2.05, 4.69) is 10.3 Å². The molecule has 3 rings (SSSR count). The zero-order chi connectivity index (χ0) is 18.8. The first-order valence-electron chi connectivity index (χ1n) is 8.18. The highest BCUT2D eigenvalue weighted by molar-refractivity contribution is 6.31. The summed E-state index contributed by atoms with van der Waals surface area (Å²) in [5.41, 5.74) is 1.26. The van der Waals surface area contributed by atoms with Gasteiger partial charge in [-0.2, -0.15) is 0 Å². The number of nitrogens with zero attached hydrogens (tertiary/aromatic N) is 2. The number of carbonyl (C=O) groups is 1. The lowest BCUT2D eigenvalue weighted by molar-refractivity contribution is 0.102. The molecule has 0 aliphatic rings. The molecule has 0 atom stereocenters. The fourth-order valence-electron chi connectivity index (χ4n) is 2.71. The Morgan fingerprint density at radius 1 is 1.31 bits per heavy atom. The van der Waals surface area contributed by atoms with Crippen LogP contribution in [-0.2, 0) is 6.54 Å². The van der Waals surface area contributed by atoms with Crippen LogP contribution in [0.25, 0.3) is 11.0 Å². The van der Waals surface area contributed by atoms with E-state index in [1.807, 2.05) is 13.8 Å². The fourth-order valence-corrected chi connectivity index (χ4v) is 2.89. The average Bonchev–Trinajstić information content (AvgIpc) is 2.60. The van der Waals surface area contributed by atoms with Crippen molar-refractivity contribution in [3.8, 4) is 0 Å². The number of rotatable bonds is 4. The second-order valence-corrected chi connectivity index (χ2v) is 6.38. The van der Waals surface area contributed by atoms with E-state index < -0.39 is 17.2 Å². The van der Waals surface area contributed by atoms with Crippen molar-refractivity contribution in [2.75, 3.05) is 5.32 Å². The van der Waals surface area contributed by atoms with Gasteiger partial charge in [-0.25, -0.2) is 9.37 Å². The van der Waals surface area contributed by atoms with E-state index in [1.54, 1.807) is 16.7 Å². The number of hydrogen-bond donors (Lipinski definition) is 1. The van der Waals surface area contributed by atoms with E-state index in [4.69, 9.17) is 11.6 Å². The maximum Gasteiger partial charge on any atom is 0.261 e. The van der Waals surface area contributed by atoms with Gasteiger partial charge in [0.1, 0.15) is 17.0 Å². The first-order chi connectivity index (χ1) is 12.4. The second kappa shape index (κ2) is 7.25. The Labute approximate surface area is 154 Å². The van der Waals surface area contributed by atoms with Gasteiger partial charge < -0.3 is 9.88 Å². The molecule has 0 unspecified atom stereocenters. The maximum absolute atomic E-state index is 13.3. The second-order valence-electron chi connectivity index (χ2n) is 5.97. The van der Waals surface area contributed by atoms with Crippen molar-refractivity contribution < 1.29 is 9.18 Å². The number of fused-ring (bicyclic) bond motifs is 1. The fraction of sp³-hybridized carbons (Fsp3) is 0.211. The molecule has 0 aliphatic carbocycles. The number of halogens is 2. The number of nitrogens with one attached hydrogen (secondary N) is 1. The van der Waals surface area contributed by atoms with E-state index in [9.17, 15) is 14.0 Å². The molecule has 0 saturated heterocycles. The summed E-state index contributed by atoms with van der Waals surface area (Å²) < 4.78 is 15.1. The van der Waals surface area contributed by atoms with Gasteiger partial charge in [-0.1, -0.05) is 18.5 Å². The predicted molar refractivity (Wildman–Crippen MR) is 100 cm³/mol. The molecule has 0 spiro atoms. The van der Waals surface area contributed by atoms with Crippen LogP contribution in [0.15, 0.2) is 41.3 Å². The van der Waals surface area contributed by atoms with E-state index in [0.717, 1.165) is 18.2 Å². The van der Waals surface area contributed by atoms with Crippen LogP contribution in [0, 0.1) is 12.7 Å². The molecular weight excluding hydrogens is 357 g/mol. The van der Waals surface area contributed by atoms with Gasteiger partial charge in [0.05, 0.1) is 10.4 Å². The van der Waals surface area contributed by atoms with Crippen molar-refractivity contribution in [3.05, 3.63) is 68.8 Å². The highest BCUT2D eigenvalue weighted by Crippen LogP contribution is 2.20. The van der Waals surface area contributed by atoms with E-state index in [-0.39, 0.29) is 10.6 Å². The first-order valence-corrected chi connectivity index (χ1v) is 8.55. The van der Waals surface area contributed by atoms with E-state index in [0.29, 0.717) is 23.3 Å². The van der Waals surface area contributed by atoms with Crippen molar-refractivity contribution in [1.82, 2.24) is 9.55 Å². The molecule has 3 aromatic rings. The van der Waals surface area contributed by atoms with Crippen LogP contribution in [0.2, 0.25) is 5.02 Å². The molecule has 5 nitrogen and oxygen atoms in total. The highest BCUT2D eigenvalue weighted by atomic mass is 35.5. The van der Waals surface area contributed by atoms with Crippen molar-refractivity contribution in [2.45, 2.75) is 26.8 Å². The van der Waals surface area contributed by atoms with Gasteiger partial charge in [0.2, 0.25) is 5.43 Å². The normalized spacial score (nSPS) is 10.9. The molecule has 2 aromatic heterocycles. The predicted octanol–water partition coefficient (Wildman–Crippen LogP) is 4.16. The molecule has 7 heteroatoms. The zero-order valence-corrected chi connectivity index (χ0v) is 15.1. The van der Waals surface area contributed by atoms with Crippen LogP contribution in [-0.4, -0.2) is 15.5 Å². The Hall–Kier alpha value is -2.73. The molecule has 0 aliphatic heterocycles. The Morgan fingerprint density at radius 2 is 2.08 bits per heavy atom. The SMILES string of the molecule is CCCn1cc(C(=O)Nc2ccc(F)c(Cl)c2)c(=O)c2ccc(C)nc21. The van der Waals surface area contributed by atoms with Gasteiger partial charge in [0.15, 0.2) is 0 Å². The number of aromatic nitrogens is 2. The first kappa shape index (κ1) is 18.1. The van der Waals surface area contributed by atoms with Crippen LogP contribution in [0.4, 0.5) is 10.1 Å². The largest absolute Gasteiger partial charge is 0.331 e.